The van der Waals surface area contributed by atoms with E-state index in [2.05, 4.69) is 30.1 Å². The third-order valence-corrected chi connectivity index (χ3v) is 6.89. The van der Waals surface area contributed by atoms with Gasteiger partial charge in [0.05, 0.1) is 5.92 Å². The number of rotatable bonds is 1. The molecule has 8 nitrogen and oxygen atoms in total. The summed E-state index contributed by atoms with van der Waals surface area (Å²) in [4.78, 5) is 39.7. The van der Waals surface area contributed by atoms with Gasteiger partial charge in [-0.15, -0.1) is 0 Å². The summed E-state index contributed by atoms with van der Waals surface area (Å²) in [5.41, 5.74) is 7.98. The van der Waals surface area contributed by atoms with Crippen molar-refractivity contribution in [3.63, 3.8) is 0 Å². The molecule has 0 bridgehead atoms. The van der Waals surface area contributed by atoms with E-state index in [0.717, 1.165) is 45.4 Å². The highest BCUT2D eigenvalue weighted by Crippen LogP contribution is 2.52. The Hall–Kier alpha value is -2.82. The van der Waals surface area contributed by atoms with E-state index in [1.54, 1.807) is 4.90 Å². The fourth-order valence-corrected chi connectivity index (χ4v) is 4.99. The maximum atomic E-state index is 13.3. The summed E-state index contributed by atoms with van der Waals surface area (Å²) in [7, 11) is 2.11. The fraction of sp³-hybridized carbons (Fsp3) is 0.591. The van der Waals surface area contributed by atoms with Crippen molar-refractivity contribution in [2.45, 2.75) is 36.8 Å². The number of piperidine rings is 1. The lowest BCUT2D eigenvalue weighted by atomic mass is 9.73. The maximum Gasteiger partial charge on any atom is 0.490 e. The molecule has 3 aliphatic rings. The molecule has 1 aromatic carbocycles. The zero-order chi connectivity index (χ0) is 24.4. The summed E-state index contributed by atoms with van der Waals surface area (Å²) < 4.78 is 31.7. The second-order valence-corrected chi connectivity index (χ2v) is 8.88. The molecule has 0 aromatic heterocycles. The number of nitrogens with zero attached hydrogens (tertiary/aromatic N) is 3. The Balaban J connectivity index is 0.000000383. The van der Waals surface area contributed by atoms with Crippen LogP contribution in [0.15, 0.2) is 24.3 Å². The number of carbonyl (C=O) groups is 3. The van der Waals surface area contributed by atoms with Gasteiger partial charge in [0.2, 0.25) is 5.91 Å². The van der Waals surface area contributed by atoms with Crippen LogP contribution in [0.3, 0.4) is 0 Å². The van der Waals surface area contributed by atoms with Gasteiger partial charge in [-0.1, -0.05) is 24.3 Å². The smallest absolute Gasteiger partial charge is 0.475 e. The fourth-order valence-electron chi connectivity index (χ4n) is 4.99. The Morgan fingerprint density at radius 2 is 1.55 bits per heavy atom. The topological polar surface area (TPSA) is 107 Å². The Morgan fingerprint density at radius 1 is 1.00 bits per heavy atom. The molecular weight excluding hydrogens is 441 g/mol. The van der Waals surface area contributed by atoms with Crippen molar-refractivity contribution in [3.05, 3.63) is 35.4 Å². The first-order valence-corrected chi connectivity index (χ1v) is 10.9. The minimum atomic E-state index is -5.08. The molecule has 1 aromatic rings. The predicted molar refractivity (Wildman–Crippen MR) is 114 cm³/mol. The number of urea groups is 1. The van der Waals surface area contributed by atoms with Crippen LogP contribution in [0.5, 0.6) is 0 Å². The molecule has 1 unspecified atom stereocenters. The van der Waals surface area contributed by atoms with Crippen molar-refractivity contribution in [1.29, 1.82) is 0 Å². The number of likely N-dealkylation sites (N-methyl/N-ethyl adjacent to an activating group) is 1. The Bertz CT molecular complexity index is 892. The molecule has 33 heavy (non-hydrogen) atoms. The van der Waals surface area contributed by atoms with Crippen LogP contribution in [-0.4, -0.2) is 90.2 Å². The number of carboxylic acid groups (broad SMARTS) is 1. The number of halogens is 3. The average Bonchev–Trinajstić information content (AvgIpc) is 3.08. The van der Waals surface area contributed by atoms with Crippen molar-refractivity contribution in [1.82, 2.24) is 14.7 Å². The van der Waals surface area contributed by atoms with Crippen LogP contribution in [0.25, 0.3) is 0 Å². The monoisotopic (exact) mass is 470 g/mol. The van der Waals surface area contributed by atoms with Crippen LogP contribution < -0.4 is 5.73 Å². The van der Waals surface area contributed by atoms with Crippen molar-refractivity contribution < 1.29 is 32.7 Å². The zero-order valence-electron chi connectivity index (χ0n) is 18.5. The number of aliphatic carboxylic acids is 1. The van der Waals surface area contributed by atoms with Gasteiger partial charge < -0.3 is 25.5 Å². The molecule has 4 rings (SSSR count). The van der Waals surface area contributed by atoms with Gasteiger partial charge in [-0.3, -0.25) is 4.79 Å². The van der Waals surface area contributed by atoms with E-state index in [1.807, 2.05) is 11.0 Å². The van der Waals surface area contributed by atoms with E-state index < -0.39 is 12.1 Å². The minimum absolute atomic E-state index is 0.00937. The molecule has 11 heteroatoms. The molecule has 2 fully saturated rings. The van der Waals surface area contributed by atoms with Crippen LogP contribution >= 0.6 is 0 Å². The lowest BCUT2D eigenvalue weighted by molar-refractivity contribution is -0.192. The van der Waals surface area contributed by atoms with Crippen molar-refractivity contribution in [2.75, 3.05) is 46.3 Å². The molecule has 2 aliphatic heterocycles. The third-order valence-electron chi connectivity index (χ3n) is 6.89. The summed E-state index contributed by atoms with van der Waals surface area (Å²) in [6.45, 7) is 4.88. The molecule has 2 heterocycles. The number of primary amides is 1. The number of benzene rings is 1. The largest absolute Gasteiger partial charge is 0.490 e. The van der Waals surface area contributed by atoms with Crippen molar-refractivity contribution in [3.8, 4) is 0 Å². The highest BCUT2D eigenvalue weighted by atomic mass is 19.4. The van der Waals surface area contributed by atoms with E-state index in [1.165, 1.54) is 11.1 Å². The summed E-state index contributed by atoms with van der Waals surface area (Å²) in [5.74, 6) is -2.53. The first kappa shape index (κ1) is 24.8. The number of amides is 3. The summed E-state index contributed by atoms with van der Waals surface area (Å²) in [6, 6.07) is 8.09. The van der Waals surface area contributed by atoms with E-state index in [4.69, 9.17) is 15.6 Å². The van der Waals surface area contributed by atoms with Crippen LogP contribution in [0.4, 0.5) is 18.0 Å². The molecule has 1 spiro atoms. The molecule has 1 atom stereocenters. The molecule has 2 saturated heterocycles. The first-order valence-electron chi connectivity index (χ1n) is 10.9. The molecule has 182 valence electrons. The van der Waals surface area contributed by atoms with Gasteiger partial charge in [0.15, 0.2) is 0 Å². The SMILES string of the molecule is CN1CCN(C(=O)C2CC3(CCN(C(N)=O)CC3)c3ccccc32)CC1.O=C(O)C(F)(F)F. The van der Waals surface area contributed by atoms with Gasteiger partial charge in [0.1, 0.15) is 0 Å². The van der Waals surface area contributed by atoms with Crippen LogP contribution in [0.2, 0.25) is 0 Å². The predicted octanol–water partition coefficient (Wildman–Crippen LogP) is 1.99. The van der Waals surface area contributed by atoms with Gasteiger partial charge in [0, 0.05) is 44.7 Å². The van der Waals surface area contributed by atoms with E-state index in [9.17, 15) is 22.8 Å². The molecular formula is C22H29F3N4O4. The Kier molecular flexibility index (Phi) is 7.20. The van der Waals surface area contributed by atoms with Gasteiger partial charge in [-0.25, -0.2) is 9.59 Å². The average molecular weight is 470 g/mol. The number of carboxylic acids is 1. The molecule has 1 aliphatic carbocycles. The van der Waals surface area contributed by atoms with Crippen LogP contribution in [0.1, 0.15) is 36.3 Å². The highest BCUT2D eigenvalue weighted by molar-refractivity contribution is 5.86. The second-order valence-electron chi connectivity index (χ2n) is 8.88. The summed E-state index contributed by atoms with van der Waals surface area (Å²) in [5, 5.41) is 7.12. The van der Waals surface area contributed by atoms with Gasteiger partial charge in [-0.2, -0.15) is 13.2 Å². The summed E-state index contributed by atoms with van der Waals surface area (Å²) >= 11 is 0. The number of likely N-dealkylation sites (tertiary alicyclic amines) is 1. The van der Waals surface area contributed by atoms with Crippen LogP contribution in [-0.2, 0) is 15.0 Å². The van der Waals surface area contributed by atoms with E-state index in [-0.39, 0.29) is 23.3 Å². The lowest BCUT2D eigenvalue weighted by Crippen LogP contribution is -2.49. The number of hydrogen-bond donors (Lipinski definition) is 2. The Morgan fingerprint density at radius 3 is 2.06 bits per heavy atom. The number of nitrogens with two attached hydrogens (primary N) is 1. The minimum Gasteiger partial charge on any atom is -0.475 e. The highest BCUT2D eigenvalue weighted by Gasteiger charge is 2.48. The molecule has 3 N–H and O–H groups in total. The number of alkyl halides is 3. The summed E-state index contributed by atoms with van der Waals surface area (Å²) in [6.07, 6.45) is -2.44. The van der Waals surface area contributed by atoms with Gasteiger partial charge in [-0.05, 0) is 37.4 Å². The van der Waals surface area contributed by atoms with Crippen molar-refractivity contribution in [2.24, 2.45) is 5.73 Å². The van der Waals surface area contributed by atoms with E-state index >= 15 is 0 Å². The molecule has 3 amide bonds. The third kappa shape index (κ3) is 5.40. The van der Waals surface area contributed by atoms with Gasteiger partial charge >= 0.3 is 18.2 Å². The molecule has 0 saturated carbocycles. The van der Waals surface area contributed by atoms with Gasteiger partial charge in [0.25, 0.3) is 0 Å². The maximum absolute atomic E-state index is 13.3. The Labute approximate surface area is 190 Å². The first-order chi connectivity index (χ1) is 15.4. The van der Waals surface area contributed by atoms with E-state index in [0.29, 0.717) is 13.1 Å². The normalized spacial score (nSPS) is 22.4. The lowest BCUT2D eigenvalue weighted by Gasteiger charge is -2.40. The standard InChI is InChI=1S/C20H28N4O2.C2HF3O2/c1-22-10-12-23(13-11-22)18(25)16-14-20(17-5-3-2-4-15(16)17)6-8-24(9-7-20)19(21)26;3-2(4,5)1(6)7/h2-5,16H,6-14H2,1H3,(H2,21,26);(H,6,7). The van der Waals surface area contributed by atoms with Crippen LogP contribution in [0, 0.1) is 0 Å². The number of hydrogen-bond acceptors (Lipinski definition) is 4. The number of fused-ring (bicyclic) bond motifs is 2. The molecule has 0 radical (unpaired) electrons. The number of piperazine rings is 1. The second kappa shape index (κ2) is 9.58. The van der Waals surface area contributed by atoms with Crippen molar-refractivity contribution >= 4 is 17.9 Å². The quantitative estimate of drug-likeness (QED) is 0.653. The number of carbonyl (C=O) groups excluding carboxylic acids is 2. The zero-order valence-corrected chi connectivity index (χ0v) is 18.5.